The number of hydrogen-bond acceptors (Lipinski definition) is 4. The number of ether oxygens (including phenoxy) is 1. The zero-order chi connectivity index (χ0) is 17.5. The second-order valence-electron chi connectivity index (χ2n) is 6.25. The molecular formula is C18H26N2O4. The lowest BCUT2D eigenvalue weighted by Gasteiger charge is -2.27. The van der Waals surface area contributed by atoms with E-state index in [1.165, 1.54) is 0 Å². The molecule has 1 aromatic carbocycles. The SMILES string of the molecule is COC(C(=O)N1CCCC(N(C)CC(=O)O)CC1)c1ccccc1. The maximum Gasteiger partial charge on any atom is 0.317 e. The summed E-state index contributed by atoms with van der Waals surface area (Å²) in [5.74, 6) is -0.844. The molecule has 24 heavy (non-hydrogen) atoms. The van der Waals surface area contributed by atoms with Gasteiger partial charge < -0.3 is 14.7 Å². The number of benzene rings is 1. The number of methoxy groups -OCH3 is 1. The van der Waals surface area contributed by atoms with Gasteiger partial charge in [0.2, 0.25) is 0 Å². The largest absolute Gasteiger partial charge is 0.480 e. The Morgan fingerprint density at radius 1 is 1.29 bits per heavy atom. The molecule has 1 saturated heterocycles. The number of carboxylic acid groups (broad SMARTS) is 1. The van der Waals surface area contributed by atoms with Crippen LogP contribution in [0.2, 0.25) is 0 Å². The summed E-state index contributed by atoms with van der Waals surface area (Å²) in [4.78, 5) is 27.4. The van der Waals surface area contributed by atoms with Crippen molar-refractivity contribution in [3.05, 3.63) is 35.9 Å². The van der Waals surface area contributed by atoms with Crippen molar-refractivity contribution in [2.45, 2.75) is 31.4 Å². The van der Waals surface area contributed by atoms with Gasteiger partial charge in [0.05, 0.1) is 6.54 Å². The van der Waals surface area contributed by atoms with Crippen molar-refractivity contribution in [3.8, 4) is 0 Å². The number of aliphatic carboxylic acids is 1. The van der Waals surface area contributed by atoms with Crippen molar-refractivity contribution in [3.63, 3.8) is 0 Å². The summed E-state index contributed by atoms with van der Waals surface area (Å²) < 4.78 is 5.44. The lowest BCUT2D eigenvalue weighted by atomic mass is 10.1. The second kappa shape index (κ2) is 8.80. The van der Waals surface area contributed by atoms with Crippen LogP contribution < -0.4 is 0 Å². The predicted molar refractivity (Wildman–Crippen MR) is 90.7 cm³/mol. The first-order valence-corrected chi connectivity index (χ1v) is 8.31. The summed E-state index contributed by atoms with van der Waals surface area (Å²) in [5.41, 5.74) is 0.855. The van der Waals surface area contributed by atoms with Gasteiger partial charge in [-0.2, -0.15) is 0 Å². The lowest BCUT2D eigenvalue weighted by molar-refractivity contribution is -0.142. The van der Waals surface area contributed by atoms with Crippen molar-refractivity contribution < 1.29 is 19.4 Å². The predicted octanol–water partition coefficient (Wildman–Crippen LogP) is 1.77. The van der Waals surface area contributed by atoms with Gasteiger partial charge in [0.25, 0.3) is 5.91 Å². The third-order valence-electron chi connectivity index (χ3n) is 4.58. The van der Waals surface area contributed by atoms with E-state index in [1.807, 2.05) is 47.2 Å². The minimum atomic E-state index is -0.821. The molecule has 0 bridgehead atoms. The quantitative estimate of drug-likeness (QED) is 0.858. The number of carbonyl (C=O) groups excluding carboxylic acids is 1. The number of amides is 1. The van der Waals surface area contributed by atoms with Crippen LogP contribution >= 0.6 is 0 Å². The lowest BCUT2D eigenvalue weighted by Crippen LogP contribution is -2.39. The van der Waals surface area contributed by atoms with Crippen molar-refractivity contribution in [1.29, 1.82) is 0 Å². The van der Waals surface area contributed by atoms with Crippen LogP contribution in [0.1, 0.15) is 30.9 Å². The summed E-state index contributed by atoms with van der Waals surface area (Å²) in [6, 6.07) is 9.69. The van der Waals surface area contributed by atoms with Gasteiger partial charge in [0.1, 0.15) is 0 Å². The Kier molecular flexibility index (Phi) is 6.75. The van der Waals surface area contributed by atoms with Gasteiger partial charge in [-0.05, 0) is 31.9 Å². The minimum Gasteiger partial charge on any atom is -0.480 e. The van der Waals surface area contributed by atoms with Crippen LogP contribution in [-0.4, -0.2) is 66.6 Å². The monoisotopic (exact) mass is 334 g/mol. The van der Waals surface area contributed by atoms with Crippen molar-refractivity contribution in [2.24, 2.45) is 0 Å². The summed E-state index contributed by atoms with van der Waals surface area (Å²) in [5, 5.41) is 8.93. The Hall–Kier alpha value is -1.92. The highest BCUT2D eigenvalue weighted by atomic mass is 16.5. The smallest absolute Gasteiger partial charge is 0.317 e. The summed E-state index contributed by atoms with van der Waals surface area (Å²) in [6.45, 7) is 1.34. The van der Waals surface area contributed by atoms with E-state index >= 15 is 0 Å². The number of carboxylic acids is 1. The fraction of sp³-hybridized carbons (Fsp3) is 0.556. The molecule has 0 radical (unpaired) electrons. The zero-order valence-electron chi connectivity index (χ0n) is 14.4. The molecule has 0 aromatic heterocycles. The zero-order valence-corrected chi connectivity index (χ0v) is 14.4. The van der Waals surface area contributed by atoms with Crippen LogP contribution in [-0.2, 0) is 14.3 Å². The Morgan fingerprint density at radius 3 is 2.62 bits per heavy atom. The highest BCUT2D eigenvalue weighted by Crippen LogP contribution is 2.22. The van der Waals surface area contributed by atoms with E-state index in [-0.39, 0.29) is 18.5 Å². The van der Waals surface area contributed by atoms with Gasteiger partial charge in [0.15, 0.2) is 6.10 Å². The van der Waals surface area contributed by atoms with Gasteiger partial charge in [-0.3, -0.25) is 14.5 Å². The number of hydrogen-bond donors (Lipinski definition) is 1. The molecule has 1 amide bonds. The topological polar surface area (TPSA) is 70.1 Å². The molecule has 0 aliphatic carbocycles. The molecule has 2 unspecified atom stereocenters. The molecule has 0 spiro atoms. The molecule has 2 rings (SSSR count). The van der Waals surface area contributed by atoms with E-state index in [2.05, 4.69) is 0 Å². The van der Waals surface area contributed by atoms with Crippen molar-refractivity contribution in [2.75, 3.05) is 33.8 Å². The molecular weight excluding hydrogens is 308 g/mol. The maximum atomic E-state index is 12.8. The summed E-state index contributed by atoms with van der Waals surface area (Å²) in [6.07, 6.45) is 1.96. The molecule has 1 aromatic rings. The Morgan fingerprint density at radius 2 is 2.00 bits per heavy atom. The maximum absolute atomic E-state index is 12.8. The average molecular weight is 334 g/mol. The first-order valence-electron chi connectivity index (χ1n) is 8.31. The van der Waals surface area contributed by atoms with Crippen molar-refractivity contribution in [1.82, 2.24) is 9.80 Å². The van der Waals surface area contributed by atoms with Gasteiger partial charge in [0, 0.05) is 26.2 Å². The number of rotatable bonds is 6. The molecule has 1 aliphatic heterocycles. The first-order chi connectivity index (χ1) is 11.5. The highest BCUT2D eigenvalue weighted by Gasteiger charge is 2.29. The third kappa shape index (κ3) is 4.79. The molecule has 0 saturated carbocycles. The Bertz CT molecular complexity index is 549. The number of likely N-dealkylation sites (tertiary alicyclic amines) is 1. The molecule has 6 heteroatoms. The minimum absolute atomic E-state index is 0.0229. The van der Waals surface area contributed by atoms with E-state index in [1.54, 1.807) is 7.11 Å². The van der Waals surface area contributed by atoms with Crippen LogP contribution in [0.4, 0.5) is 0 Å². The van der Waals surface area contributed by atoms with Crippen LogP contribution in [0.15, 0.2) is 30.3 Å². The highest BCUT2D eigenvalue weighted by molar-refractivity contribution is 5.82. The van der Waals surface area contributed by atoms with Gasteiger partial charge in [-0.25, -0.2) is 0 Å². The Labute approximate surface area is 143 Å². The van der Waals surface area contributed by atoms with Gasteiger partial charge in [-0.15, -0.1) is 0 Å². The van der Waals surface area contributed by atoms with E-state index in [0.717, 1.165) is 24.8 Å². The van der Waals surface area contributed by atoms with Crippen molar-refractivity contribution >= 4 is 11.9 Å². The Balaban J connectivity index is 1.99. The number of likely N-dealkylation sites (N-methyl/N-ethyl adjacent to an activating group) is 1. The van der Waals surface area contributed by atoms with E-state index in [0.29, 0.717) is 13.1 Å². The normalized spacial score (nSPS) is 19.8. The number of carbonyl (C=O) groups is 2. The molecule has 1 N–H and O–H groups in total. The fourth-order valence-electron chi connectivity index (χ4n) is 3.26. The first kappa shape index (κ1) is 18.4. The van der Waals surface area contributed by atoms with E-state index < -0.39 is 12.1 Å². The van der Waals surface area contributed by atoms with E-state index in [4.69, 9.17) is 9.84 Å². The number of nitrogens with zero attached hydrogens (tertiary/aromatic N) is 2. The second-order valence-corrected chi connectivity index (χ2v) is 6.25. The van der Waals surface area contributed by atoms with E-state index in [9.17, 15) is 9.59 Å². The standard InChI is InChI=1S/C18H26N2O4/c1-19(13-16(21)22)15-9-6-11-20(12-10-15)18(23)17(24-2)14-7-4-3-5-8-14/h3-5,7-8,15,17H,6,9-13H2,1-2H3,(H,21,22). The molecule has 6 nitrogen and oxygen atoms in total. The molecule has 1 heterocycles. The van der Waals surface area contributed by atoms with Crippen LogP contribution in [0.3, 0.4) is 0 Å². The molecule has 2 atom stereocenters. The molecule has 1 fully saturated rings. The van der Waals surface area contributed by atoms with Gasteiger partial charge in [-0.1, -0.05) is 30.3 Å². The average Bonchev–Trinajstić information content (AvgIpc) is 2.82. The third-order valence-corrected chi connectivity index (χ3v) is 4.58. The van der Waals surface area contributed by atoms with Crippen LogP contribution in [0.25, 0.3) is 0 Å². The van der Waals surface area contributed by atoms with Crippen LogP contribution in [0, 0.1) is 0 Å². The molecule has 132 valence electrons. The summed E-state index contributed by atoms with van der Waals surface area (Å²) >= 11 is 0. The fourth-order valence-corrected chi connectivity index (χ4v) is 3.26. The van der Waals surface area contributed by atoms with Gasteiger partial charge >= 0.3 is 5.97 Å². The molecule has 1 aliphatic rings. The van der Waals surface area contributed by atoms with Crippen LogP contribution in [0.5, 0.6) is 0 Å². The summed E-state index contributed by atoms with van der Waals surface area (Å²) in [7, 11) is 3.38.